The number of unbranched alkanes of at least 4 members (excludes halogenated alkanes) is 12. The normalized spacial score (nSPS) is 12.2. The second-order valence-electron chi connectivity index (χ2n) is 16.2. The summed E-state index contributed by atoms with van der Waals surface area (Å²) in [6.07, 6.45) is 17.3. The zero-order valence-corrected chi connectivity index (χ0v) is 40.7. The van der Waals surface area contributed by atoms with Crippen LogP contribution in [-0.4, -0.2) is 165 Å². The molecular weight excluding hydrogens is 847 g/mol. The minimum absolute atomic E-state index is 0.0366. The van der Waals surface area contributed by atoms with E-state index in [0.29, 0.717) is 145 Å². The third-order valence-corrected chi connectivity index (χ3v) is 11.0. The van der Waals surface area contributed by atoms with Gasteiger partial charge in [0.1, 0.15) is 6.61 Å². The predicted octanol–water partition coefficient (Wildman–Crippen LogP) is 8.80. The van der Waals surface area contributed by atoms with E-state index in [-0.39, 0.29) is 12.5 Å². The SMILES string of the molecule is CCCCCCCCCCCCCCCOCCOCCOCCOCCOCCOCCOCCOCCOCCOCCOCCNC(=O)OCC1c2ccccc2-c2ccccc21. The maximum atomic E-state index is 12.3. The van der Waals surface area contributed by atoms with E-state index in [4.69, 9.17) is 56.8 Å². The van der Waals surface area contributed by atoms with Gasteiger partial charge < -0.3 is 62.2 Å². The van der Waals surface area contributed by atoms with Gasteiger partial charge in [-0.25, -0.2) is 4.79 Å². The molecular formula is C52H87NO13. The minimum Gasteiger partial charge on any atom is -0.449 e. The summed E-state index contributed by atoms with van der Waals surface area (Å²) in [5, 5.41) is 2.75. The molecule has 0 heterocycles. The highest BCUT2D eigenvalue weighted by Gasteiger charge is 2.29. The van der Waals surface area contributed by atoms with Crippen molar-refractivity contribution in [3.8, 4) is 11.1 Å². The molecule has 2 aromatic rings. The number of hydrogen-bond acceptors (Lipinski definition) is 13. The van der Waals surface area contributed by atoms with Gasteiger partial charge in [-0.05, 0) is 28.7 Å². The molecule has 1 aliphatic carbocycles. The van der Waals surface area contributed by atoms with Crippen molar-refractivity contribution in [1.82, 2.24) is 5.32 Å². The predicted molar refractivity (Wildman–Crippen MR) is 258 cm³/mol. The van der Waals surface area contributed by atoms with E-state index in [1.807, 2.05) is 24.3 Å². The number of fused-ring (bicyclic) bond motifs is 3. The monoisotopic (exact) mass is 934 g/mol. The van der Waals surface area contributed by atoms with Gasteiger partial charge in [0.05, 0.1) is 139 Å². The Hall–Kier alpha value is -2.73. The fourth-order valence-corrected chi connectivity index (χ4v) is 7.40. The average Bonchev–Trinajstić information content (AvgIpc) is 3.66. The average molecular weight is 934 g/mol. The number of carbonyl (C=O) groups is 1. The van der Waals surface area contributed by atoms with E-state index in [1.165, 1.54) is 99.3 Å². The van der Waals surface area contributed by atoms with Gasteiger partial charge in [-0.1, -0.05) is 133 Å². The Morgan fingerprint density at radius 1 is 0.379 bits per heavy atom. The molecule has 1 aliphatic rings. The topological polar surface area (TPSA) is 140 Å². The highest BCUT2D eigenvalue weighted by atomic mass is 16.6. The number of ether oxygens (including phenoxy) is 12. The maximum Gasteiger partial charge on any atom is 0.407 e. The van der Waals surface area contributed by atoms with Gasteiger partial charge in [-0.15, -0.1) is 0 Å². The molecule has 1 amide bonds. The van der Waals surface area contributed by atoms with Crippen molar-refractivity contribution in [2.75, 3.05) is 159 Å². The molecule has 2 aromatic carbocycles. The summed E-state index contributed by atoms with van der Waals surface area (Å²) >= 11 is 0. The van der Waals surface area contributed by atoms with Crippen molar-refractivity contribution in [2.24, 2.45) is 0 Å². The number of alkyl carbamates (subject to hydrolysis) is 1. The molecule has 0 aliphatic heterocycles. The van der Waals surface area contributed by atoms with Crippen molar-refractivity contribution in [3.05, 3.63) is 59.7 Å². The highest BCUT2D eigenvalue weighted by Crippen LogP contribution is 2.44. The van der Waals surface area contributed by atoms with Crippen molar-refractivity contribution >= 4 is 6.09 Å². The molecule has 0 saturated heterocycles. The molecule has 0 atom stereocenters. The first-order chi connectivity index (χ1) is 32.8. The Morgan fingerprint density at radius 3 is 1.02 bits per heavy atom. The van der Waals surface area contributed by atoms with E-state index in [9.17, 15) is 4.79 Å². The van der Waals surface area contributed by atoms with Gasteiger partial charge in [-0.2, -0.15) is 0 Å². The van der Waals surface area contributed by atoms with Crippen LogP contribution in [0.4, 0.5) is 4.79 Å². The molecule has 14 heteroatoms. The van der Waals surface area contributed by atoms with Crippen LogP contribution in [0, 0.1) is 0 Å². The van der Waals surface area contributed by atoms with Gasteiger partial charge in [0.25, 0.3) is 0 Å². The largest absolute Gasteiger partial charge is 0.449 e. The standard InChI is InChI=1S/C52H87NO13/c1-2-3-4-5-6-7-8-9-10-11-12-13-18-24-55-26-28-57-30-32-59-34-36-61-38-40-63-42-44-65-45-43-64-41-39-62-37-35-60-33-31-58-29-27-56-25-23-53-52(54)66-46-51-49-21-16-14-19-47(49)48-20-15-17-22-50(48)51/h14-17,19-22,51H,2-13,18,23-46H2,1H3,(H,53,54). The Labute approximate surface area is 397 Å². The van der Waals surface area contributed by atoms with Gasteiger partial charge in [-0.3, -0.25) is 0 Å². The van der Waals surface area contributed by atoms with Crippen LogP contribution >= 0.6 is 0 Å². The van der Waals surface area contributed by atoms with Crippen LogP contribution in [0.2, 0.25) is 0 Å². The van der Waals surface area contributed by atoms with Crippen LogP contribution in [-0.2, 0) is 56.8 Å². The van der Waals surface area contributed by atoms with Gasteiger partial charge >= 0.3 is 6.09 Å². The number of nitrogens with one attached hydrogen (secondary N) is 1. The van der Waals surface area contributed by atoms with E-state index in [2.05, 4.69) is 36.5 Å². The lowest BCUT2D eigenvalue weighted by molar-refractivity contribution is -0.0275. The van der Waals surface area contributed by atoms with Crippen LogP contribution in [0.5, 0.6) is 0 Å². The molecule has 0 fully saturated rings. The summed E-state index contributed by atoms with van der Waals surface area (Å²) < 4.78 is 66.7. The maximum absolute atomic E-state index is 12.3. The molecule has 0 aromatic heterocycles. The number of amides is 1. The summed E-state index contributed by atoms with van der Waals surface area (Å²) in [7, 11) is 0. The summed E-state index contributed by atoms with van der Waals surface area (Å²) in [5.41, 5.74) is 4.78. The van der Waals surface area contributed by atoms with Crippen LogP contribution in [0.25, 0.3) is 11.1 Å². The van der Waals surface area contributed by atoms with Crippen LogP contribution in [0.15, 0.2) is 48.5 Å². The van der Waals surface area contributed by atoms with Gasteiger partial charge in [0, 0.05) is 19.1 Å². The molecule has 0 bridgehead atoms. The number of carbonyl (C=O) groups excluding carboxylic acids is 1. The fourth-order valence-electron chi connectivity index (χ4n) is 7.40. The second-order valence-corrected chi connectivity index (χ2v) is 16.2. The van der Waals surface area contributed by atoms with E-state index in [0.717, 1.165) is 13.0 Å². The van der Waals surface area contributed by atoms with Crippen molar-refractivity contribution in [1.29, 1.82) is 0 Å². The van der Waals surface area contributed by atoms with Crippen molar-refractivity contribution < 1.29 is 61.6 Å². The molecule has 0 saturated carbocycles. The zero-order chi connectivity index (χ0) is 46.5. The molecule has 378 valence electrons. The molecule has 3 rings (SSSR count). The molecule has 66 heavy (non-hydrogen) atoms. The van der Waals surface area contributed by atoms with Crippen LogP contribution in [0.1, 0.15) is 107 Å². The first-order valence-corrected chi connectivity index (χ1v) is 25.2. The third-order valence-electron chi connectivity index (χ3n) is 11.0. The molecule has 1 N–H and O–H groups in total. The lowest BCUT2D eigenvalue weighted by Crippen LogP contribution is -2.29. The second kappa shape index (κ2) is 43.5. The number of rotatable bonds is 49. The zero-order valence-electron chi connectivity index (χ0n) is 40.7. The smallest absolute Gasteiger partial charge is 0.407 e. The highest BCUT2D eigenvalue weighted by molar-refractivity contribution is 5.79. The van der Waals surface area contributed by atoms with Crippen molar-refractivity contribution in [2.45, 2.75) is 96.3 Å². The Balaban J connectivity index is 0.898. The quantitative estimate of drug-likeness (QED) is 0.0633. The summed E-state index contributed by atoms with van der Waals surface area (Å²) in [6, 6.07) is 16.5. The lowest BCUT2D eigenvalue weighted by atomic mass is 9.98. The molecule has 0 spiro atoms. The Kier molecular flexibility index (Phi) is 38.0. The summed E-state index contributed by atoms with van der Waals surface area (Å²) in [5.74, 6) is 0.0366. The molecule has 14 nitrogen and oxygen atoms in total. The molecule has 0 radical (unpaired) electrons. The first-order valence-electron chi connectivity index (χ1n) is 25.2. The Morgan fingerprint density at radius 2 is 0.667 bits per heavy atom. The molecule has 0 unspecified atom stereocenters. The first kappa shape index (κ1) is 57.6. The number of benzene rings is 2. The van der Waals surface area contributed by atoms with Crippen LogP contribution in [0.3, 0.4) is 0 Å². The van der Waals surface area contributed by atoms with E-state index >= 15 is 0 Å². The third kappa shape index (κ3) is 30.6. The summed E-state index contributed by atoms with van der Waals surface area (Å²) in [4.78, 5) is 12.3. The lowest BCUT2D eigenvalue weighted by Gasteiger charge is -2.14. The fraction of sp³-hybridized carbons (Fsp3) is 0.750. The van der Waals surface area contributed by atoms with Gasteiger partial charge in [0.15, 0.2) is 0 Å². The number of hydrogen-bond donors (Lipinski definition) is 1. The van der Waals surface area contributed by atoms with E-state index in [1.54, 1.807) is 0 Å². The van der Waals surface area contributed by atoms with E-state index < -0.39 is 6.09 Å². The Bertz CT molecular complexity index is 1340. The van der Waals surface area contributed by atoms with Gasteiger partial charge in [0.2, 0.25) is 0 Å². The van der Waals surface area contributed by atoms with Crippen molar-refractivity contribution in [3.63, 3.8) is 0 Å². The van der Waals surface area contributed by atoms with Crippen LogP contribution < -0.4 is 5.32 Å². The minimum atomic E-state index is -0.450. The summed E-state index contributed by atoms with van der Waals surface area (Å²) in [6.45, 7) is 14.3.